The molecule has 0 aliphatic carbocycles. The van der Waals surface area contributed by atoms with E-state index in [-0.39, 0.29) is 48.1 Å². The Hall–Kier alpha value is -7.07. The molecule has 0 saturated carbocycles. The molecule has 2 aliphatic rings. The summed E-state index contributed by atoms with van der Waals surface area (Å²) in [5.74, 6) is 9.47. The summed E-state index contributed by atoms with van der Waals surface area (Å²) in [4.78, 5) is 47.8. The molecule has 530 valence electrons. The van der Waals surface area contributed by atoms with E-state index in [1.54, 1.807) is 82.7 Å². The van der Waals surface area contributed by atoms with Crippen LogP contribution in [-0.2, 0) is 60.8 Å². The van der Waals surface area contributed by atoms with Gasteiger partial charge in [-0.2, -0.15) is 19.2 Å². The van der Waals surface area contributed by atoms with Gasteiger partial charge in [0.2, 0.25) is 0 Å². The predicted molar refractivity (Wildman–Crippen MR) is 415 cm³/mol. The number of aromatic hydroxyl groups is 2. The molecule has 0 fully saturated rings. The smallest absolute Gasteiger partial charge is 0.373 e. The number of benzene rings is 7. The Morgan fingerprint density at radius 3 is 1.31 bits per heavy atom. The first-order valence-electron chi connectivity index (χ1n) is 29.4. The van der Waals surface area contributed by atoms with Crippen molar-refractivity contribution in [3.05, 3.63) is 213 Å². The summed E-state index contributed by atoms with van der Waals surface area (Å²) >= 11 is 15.9. The standard InChI is InChI=1S/2C14H17N.C9H10O2.C8H7Br2F.C8H9IO.C7H7IO2.C7H8O2.C5H9N.C2H5ClO.2CO2.CH4/c2*1-5-14(3,4)15-9-12-8-6-7-11(2)13(12)10-15;1-6-4-3-5-8(7(6)2)9(10)11;9-4-6-2-1-3-8(11)7(6)5-10;1-6-3-4-7(9)5-8(6)10-2;1-10-7-4-5(8)2-3-6(7)9;1-9-7-5-3-2-4-6(7)8;1-4-5(2,3)6;1-4-2-3;2*2-1-3;/h2*1,6-8H,9-10H2,2-4H3;3-5H,1-2H3,(H,10,11);1-3H,4-5H2;3-5H,1-2H3;2-4,9H,1H3;2-5,8H,1H3;1H,6H2,2-3H3;2H2,1H3;;;1H4. The van der Waals surface area contributed by atoms with E-state index in [2.05, 4.69) is 199 Å². The number of carbonyl (C=O) groups is 1. The maximum atomic E-state index is 13.0. The molecular formula is C77H93Br2ClFI2N3O12. The molecule has 9 rings (SSSR count). The van der Waals surface area contributed by atoms with Gasteiger partial charge in [0.25, 0.3) is 0 Å². The fourth-order valence-electron chi connectivity index (χ4n) is 8.09. The highest BCUT2D eigenvalue weighted by Gasteiger charge is 2.32. The lowest BCUT2D eigenvalue weighted by Gasteiger charge is -2.30. The number of fused-ring (bicyclic) bond motifs is 2. The van der Waals surface area contributed by atoms with Crippen LogP contribution in [0.4, 0.5) is 4.39 Å². The van der Waals surface area contributed by atoms with Crippen molar-refractivity contribution in [2.24, 2.45) is 5.73 Å². The molecular weight excluding hydrogens is 1630 g/mol. The molecule has 0 spiro atoms. The van der Waals surface area contributed by atoms with Gasteiger partial charge in [0.05, 0.1) is 43.5 Å². The van der Waals surface area contributed by atoms with Gasteiger partial charge in [-0.05, 0) is 232 Å². The zero-order valence-corrected chi connectivity index (χ0v) is 65.9. The third-order valence-corrected chi connectivity index (χ3v) is 16.9. The Bertz CT molecular complexity index is 3590. The quantitative estimate of drug-likeness (QED) is 0.0601. The Labute approximate surface area is 630 Å². The number of aromatic carboxylic acids is 1. The molecule has 15 nitrogen and oxygen atoms in total. The van der Waals surface area contributed by atoms with E-state index in [0.717, 1.165) is 57.8 Å². The van der Waals surface area contributed by atoms with E-state index in [9.17, 15) is 9.18 Å². The van der Waals surface area contributed by atoms with Gasteiger partial charge >= 0.3 is 18.3 Å². The molecule has 0 radical (unpaired) electrons. The Morgan fingerprint density at radius 1 is 0.582 bits per heavy atom. The third-order valence-electron chi connectivity index (χ3n) is 14.1. The summed E-state index contributed by atoms with van der Waals surface area (Å²) in [6.45, 7) is 26.0. The minimum atomic E-state index is -0.855. The minimum Gasteiger partial charge on any atom is -0.504 e. The molecule has 0 unspecified atom stereocenters. The largest absolute Gasteiger partial charge is 0.504 e. The third kappa shape index (κ3) is 36.1. The van der Waals surface area contributed by atoms with E-state index in [1.165, 1.54) is 62.8 Å². The second-order valence-corrected chi connectivity index (χ2v) is 26.1. The monoisotopic (exact) mass is 1720 g/mol. The maximum absolute atomic E-state index is 13.0. The average Bonchev–Trinajstić information content (AvgIpc) is 1.66. The molecule has 0 aromatic heterocycles. The predicted octanol–water partition coefficient (Wildman–Crippen LogP) is 17.7. The van der Waals surface area contributed by atoms with Crippen molar-refractivity contribution in [1.29, 1.82) is 0 Å². The number of rotatable bonds is 9. The van der Waals surface area contributed by atoms with Crippen molar-refractivity contribution < 1.29 is 62.6 Å². The Balaban J connectivity index is -0.00000104. The van der Waals surface area contributed by atoms with Crippen molar-refractivity contribution in [2.45, 2.75) is 137 Å². The topological polar surface area (TPSA) is 215 Å². The number of alkyl halides is 3. The molecule has 2 heterocycles. The number of hydrogen-bond donors (Lipinski definition) is 4. The number of ether oxygens (including phenoxy) is 4. The van der Waals surface area contributed by atoms with E-state index in [0.29, 0.717) is 33.8 Å². The van der Waals surface area contributed by atoms with Gasteiger partial charge < -0.3 is 40.0 Å². The first kappa shape index (κ1) is 95.1. The van der Waals surface area contributed by atoms with E-state index in [4.69, 9.17) is 85.3 Å². The number of phenolic OH excluding ortho intramolecular Hbond substituents is 2. The number of aryl methyl sites for hydroxylation is 4. The molecule has 2 aliphatic heterocycles. The zero-order chi connectivity index (χ0) is 74.6. The van der Waals surface area contributed by atoms with Crippen LogP contribution in [0.3, 0.4) is 0 Å². The highest BCUT2D eigenvalue weighted by Crippen LogP contribution is 2.33. The average molecular weight is 1720 g/mol. The lowest BCUT2D eigenvalue weighted by molar-refractivity contribution is -0.193. The van der Waals surface area contributed by atoms with Crippen molar-refractivity contribution in [2.75, 3.05) is 34.5 Å². The van der Waals surface area contributed by atoms with Crippen LogP contribution in [0.2, 0.25) is 0 Å². The number of nitrogens with two attached hydrogens (primary N) is 1. The van der Waals surface area contributed by atoms with Crippen LogP contribution in [0.15, 0.2) is 133 Å². The number of carbonyl (C=O) groups excluding carboxylic acids is 4. The number of nitrogens with zero attached hydrogens (tertiary/aromatic N) is 2. The highest BCUT2D eigenvalue weighted by atomic mass is 127. The van der Waals surface area contributed by atoms with Crippen LogP contribution in [0, 0.1) is 84.6 Å². The molecule has 5 N–H and O–H groups in total. The van der Waals surface area contributed by atoms with Crippen LogP contribution in [-0.4, -0.2) is 94.5 Å². The first-order chi connectivity index (χ1) is 45.6. The Morgan fingerprint density at radius 2 is 0.980 bits per heavy atom. The van der Waals surface area contributed by atoms with Gasteiger partial charge in [-0.3, -0.25) is 9.80 Å². The van der Waals surface area contributed by atoms with Gasteiger partial charge in [-0.25, -0.2) is 9.18 Å². The van der Waals surface area contributed by atoms with Crippen LogP contribution in [0.25, 0.3) is 0 Å². The normalized spacial score (nSPS) is 11.0. The molecule has 7 aromatic carbocycles. The van der Waals surface area contributed by atoms with E-state index >= 15 is 0 Å². The fraction of sp³-hybridized carbons (Fsp3) is 0.338. The molecule has 21 heteroatoms. The molecule has 0 atom stereocenters. The Kier molecular flexibility index (Phi) is 49.6. The summed E-state index contributed by atoms with van der Waals surface area (Å²) in [5.41, 5.74) is 18.3. The van der Waals surface area contributed by atoms with Crippen molar-refractivity contribution in [3.8, 4) is 65.8 Å². The summed E-state index contributed by atoms with van der Waals surface area (Å²) in [6.07, 6.45) is 16.6. The van der Waals surface area contributed by atoms with Gasteiger partial charge in [0, 0.05) is 56.7 Å². The lowest BCUT2D eigenvalue weighted by atomic mass is 10.0. The molecule has 0 saturated heterocycles. The van der Waals surface area contributed by atoms with E-state index < -0.39 is 11.5 Å². The van der Waals surface area contributed by atoms with Crippen LogP contribution in [0.5, 0.6) is 28.7 Å². The highest BCUT2D eigenvalue weighted by molar-refractivity contribution is 14.1. The number of halogens is 6. The molecule has 98 heavy (non-hydrogen) atoms. The summed E-state index contributed by atoms with van der Waals surface area (Å²) in [6, 6.07) is 41.9. The van der Waals surface area contributed by atoms with Crippen LogP contribution >= 0.6 is 88.6 Å². The first-order valence-corrected chi connectivity index (χ1v) is 34.3. The molecule has 0 amide bonds. The number of terminal acetylenes is 3. The van der Waals surface area contributed by atoms with Crippen molar-refractivity contribution in [1.82, 2.24) is 9.80 Å². The summed E-state index contributed by atoms with van der Waals surface area (Å²) < 4.78 is 34.3. The molecule has 0 bridgehead atoms. The van der Waals surface area contributed by atoms with E-state index in [1.807, 2.05) is 45.0 Å². The van der Waals surface area contributed by atoms with Crippen LogP contribution in [0.1, 0.15) is 121 Å². The lowest BCUT2D eigenvalue weighted by Crippen LogP contribution is -2.38. The number of methoxy groups -OCH3 is 4. The number of phenols is 2. The maximum Gasteiger partial charge on any atom is 0.373 e. The van der Waals surface area contributed by atoms with Crippen LogP contribution < -0.4 is 19.9 Å². The van der Waals surface area contributed by atoms with Gasteiger partial charge in [-0.15, -0.1) is 19.3 Å². The minimum absolute atomic E-state index is 0. The summed E-state index contributed by atoms with van der Waals surface area (Å²) in [7, 11) is 6.30. The second-order valence-electron chi connectivity index (χ2n) is 22.3. The SMILES string of the molecule is C.C#CC(C)(C)N.C#CC(C)(C)N1Cc2cccc(C)c2C1.C#CC(C)(C)N1Cc2cccc(C)c2C1.COCCl.COc1cc(I)ccc1C.COc1cc(I)ccc1O.COc1ccccc1O.Cc1cccc(C(=O)O)c1C.Fc1cccc(CBr)c1CBr.O=C=O.O=C=O. The van der Waals surface area contributed by atoms with Gasteiger partial charge in [0.15, 0.2) is 23.0 Å². The second kappa shape index (κ2) is 51.1. The number of carboxylic acid groups (broad SMARTS) is 1. The molecule has 7 aromatic rings. The number of para-hydroxylation sites is 2. The van der Waals surface area contributed by atoms with Crippen molar-refractivity contribution in [3.63, 3.8) is 0 Å². The van der Waals surface area contributed by atoms with Gasteiger partial charge in [0.1, 0.15) is 17.6 Å². The van der Waals surface area contributed by atoms with Gasteiger partial charge in [-0.1, -0.05) is 148 Å². The summed E-state index contributed by atoms with van der Waals surface area (Å²) in [5, 5.41) is 28.1. The number of carboxylic acids is 1. The van der Waals surface area contributed by atoms with Crippen molar-refractivity contribution >= 4 is 107 Å². The fourth-order valence-corrected chi connectivity index (χ4v) is 10.2. The number of hydrogen-bond acceptors (Lipinski definition) is 14. The zero-order valence-electron chi connectivity index (χ0n) is 57.6.